The van der Waals surface area contributed by atoms with Gasteiger partial charge in [-0.25, -0.2) is 13.2 Å². The number of amides is 2. The largest absolute Gasteiger partial charge is 0.480 e. The monoisotopic (exact) mass is 616 g/mol. The third-order valence-electron chi connectivity index (χ3n) is 5.99. The summed E-state index contributed by atoms with van der Waals surface area (Å²) in [4.78, 5) is 37.1. The van der Waals surface area contributed by atoms with Crippen molar-refractivity contribution in [1.29, 1.82) is 0 Å². The van der Waals surface area contributed by atoms with Crippen LogP contribution < -0.4 is 5.32 Å². The summed E-state index contributed by atoms with van der Waals surface area (Å²) in [5.74, 6) is -1.93. The Morgan fingerprint density at radius 2 is 1.64 bits per heavy atom. The van der Waals surface area contributed by atoms with E-state index in [-0.39, 0.29) is 28.4 Å². The molecule has 10 nitrogen and oxygen atoms in total. The van der Waals surface area contributed by atoms with E-state index < -0.39 is 46.1 Å². The van der Waals surface area contributed by atoms with Crippen molar-refractivity contribution in [3.05, 3.63) is 94.5 Å². The summed E-state index contributed by atoms with van der Waals surface area (Å²) in [5.41, 5.74) is 0.548. The molecule has 3 aromatic carbocycles. The number of hydrogen-bond acceptors (Lipinski definition) is 7. The Morgan fingerprint density at radius 1 is 0.976 bits per heavy atom. The smallest absolute Gasteiger partial charge is 0.410 e. The number of carboxylic acids is 1. The van der Waals surface area contributed by atoms with E-state index in [9.17, 15) is 27.9 Å². The minimum atomic E-state index is -3.98. The van der Waals surface area contributed by atoms with Gasteiger partial charge in [0, 0.05) is 17.1 Å². The first-order chi connectivity index (χ1) is 19.7. The van der Waals surface area contributed by atoms with Gasteiger partial charge >= 0.3 is 12.1 Å². The first kappa shape index (κ1) is 32.6. The topological polar surface area (TPSA) is 150 Å². The number of aliphatic hydroxyl groups is 1. The van der Waals surface area contributed by atoms with Crippen LogP contribution in [0.2, 0.25) is 5.02 Å². The normalized spacial score (nSPS) is 12.3. The van der Waals surface area contributed by atoms with Gasteiger partial charge in [-0.3, -0.25) is 9.59 Å². The average Bonchev–Trinajstić information content (AvgIpc) is 2.93. The molecule has 0 heterocycles. The summed E-state index contributed by atoms with van der Waals surface area (Å²) in [6.45, 7) is 4.78. The fourth-order valence-corrected chi connectivity index (χ4v) is 5.41. The molecule has 3 N–H and O–H groups in total. The molecule has 0 spiro atoms. The number of nitrogens with one attached hydrogen (secondary N) is 1. The van der Waals surface area contributed by atoms with Crippen molar-refractivity contribution in [3.63, 3.8) is 0 Å². The van der Waals surface area contributed by atoms with Gasteiger partial charge in [-0.05, 0) is 80.8 Å². The van der Waals surface area contributed by atoms with Gasteiger partial charge in [0.25, 0.3) is 5.91 Å². The molecule has 3 aromatic rings. The number of halogens is 1. The van der Waals surface area contributed by atoms with Crippen molar-refractivity contribution < 1.29 is 37.8 Å². The Morgan fingerprint density at radius 3 is 2.26 bits per heavy atom. The average molecular weight is 617 g/mol. The Kier molecular flexibility index (Phi) is 10.7. The third kappa shape index (κ3) is 9.30. The Hall–Kier alpha value is -3.93. The molecule has 0 aliphatic carbocycles. The summed E-state index contributed by atoms with van der Waals surface area (Å²) in [6.07, 6.45) is -1.26. The number of aliphatic hydroxyl groups excluding tert-OH is 1. The van der Waals surface area contributed by atoms with E-state index in [0.29, 0.717) is 17.0 Å². The number of carboxylic acid groups (broad SMARTS) is 1. The lowest BCUT2D eigenvalue weighted by atomic mass is 10.1. The summed E-state index contributed by atoms with van der Waals surface area (Å²) in [7, 11) is -3.98. The van der Waals surface area contributed by atoms with Crippen molar-refractivity contribution in [3.8, 4) is 0 Å². The molecule has 0 aliphatic heterocycles. The lowest BCUT2D eigenvalue weighted by Gasteiger charge is -2.29. The van der Waals surface area contributed by atoms with E-state index >= 15 is 0 Å². The zero-order valence-corrected chi connectivity index (χ0v) is 25.0. The lowest BCUT2D eigenvalue weighted by molar-refractivity contribution is -0.135. The van der Waals surface area contributed by atoms with Gasteiger partial charge in [0.2, 0.25) is 9.84 Å². The van der Waals surface area contributed by atoms with E-state index in [1.54, 1.807) is 57.2 Å². The molecule has 42 heavy (non-hydrogen) atoms. The molecule has 0 saturated heterocycles. The minimum absolute atomic E-state index is 0.00489. The molecular weight excluding hydrogens is 584 g/mol. The number of rotatable bonds is 11. The second-order valence-corrected chi connectivity index (χ2v) is 12.9. The zero-order valence-electron chi connectivity index (χ0n) is 23.4. The number of sulfone groups is 1. The molecule has 0 aromatic heterocycles. The van der Waals surface area contributed by atoms with Crippen LogP contribution in [-0.2, 0) is 25.8 Å². The molecule has 0 bridgehead atoms. The molecule has 0 fully saturated rings. The Labute approximate surface area is 249 Å². The predicted octanol–water partition coefficient (Wildman–Crippen LogP) is 4.50. The van der Waals surface area contributed by atoms with Gasteiger partial charge < -0.3 is 25.2 Å². The number of carbonyl (C=O) groups is 3. The highest BCUT2D eigenvalue weighted by atomic mass is 35.5. The number of nitrogens with zero attached hydrogens (tertiary/aromatic N) is 1. The fourth-order valence-electron chi connectivity index (χ4n) is 3.91. The summed E-state index contributed by atoms with van der Waals surface area (Å²) in [6, 6.07) is 18.2. The number of aliphatic carboxylic acids is 1. The van der Waals surface area contributed by atoms with Crippen LogP contribution in [0, 0.1) is 0 Å². The van der Waals surface area contributed by atoms with Crippen molar-refractivity contribution in [2.45, 2.75) is 48.7 Å². The highest BCUT2D eigenvalue weighted by molar-refractivity contribution is 7.91. The van der Waals surface area contributed by atoms with E-state index in [0.717, 1.165) is 5.56 Å². The van der Waals surface area contributed by atoms with Crippen molar-refractivity contribution in [2.24, 2.45) is 0 Å². The van der Waals surface area contributed by atoms with E-state index in [1.807, 2.05) is 0 Å². The standard InChI is InChI=1S/C30H33ClN2O8S/c1-30(2,3)41-29(38)33(19-26(34)21-6-4-8-23(31)16-21)15-14-20-10-12-24(13-11-20)42(39,40)25-9-5-7-22(17-25)28(37)32-18-27(35)36/h4-13,16-17,26,34H,14-15,18-19H2,1-3H3,(H,32,37)(H,35,36)/t26-/m1/s1. The maximum atomic E-state index is 13.2. The summed E-state index contributed by atoms with van der Waals surface area (Å²) in [5, 5.41) is 22.2. The van der Waals surface area contributed by atoms with Crippen LogP contribution in [-0.4, -0.2) is 66.7 Å². The van der Waals surface area contributed by atoms with E-state index in [1.165, 1.54) is 41.3 Å². The third-order valence-corrected chi connectivity index (χ3v) is 7.99. The molecule has 0 aliphatic rings. The quantitative estimate of drug-likeness (QED) is 0.285. The predicted molar refractivity (Wildman–Crippen MR) is 156 cm³/mol. The number of hydrogen-bond donors (Lipinski definition) is 3. The Bertz CT molecular complexity index is 1540. The summed E-state index contributed by atoms with van der Waals surface area (Å²) >= 11 is 6.05. The maximum Gasteiger partial charge on any atom is 0.410 e. The van der Waals surface area contributed by atoms with Gasteiger partial charge in [0.1, 0.15) is 12.1 Å². The second kappa shape index (κ2) is 13.8. The van der Waals surface area contributed by atoms with Crippen LogP contribution in [0.1, 0.15) is 48.4 Å². The number of carbonyl (C=O) groups excluding carboxylic acids is 2. The first-order valence-electron chi connectivity index (χ1n) is 13.0. The minimum Gasteiger partial charge on any atom is -0.480 e. The maximum absolute atomic E-state index is 13.2. The zero-order chi connectivity index (χ0) is 31.1. The van der Waals surface area contributed by atoms with Gasteiger partial charge in [-0.2, -0.15) is 0 Å². The molecule has 0 saturated carbocycles. The Balaban J connectivity index is 1.74. The second-order valence-electron chi connectivity index (χ2n) is 10.5. The van der Waals surface area contributed by atoms with Crippen LogP contribution in [0.25, 0.3) is 0 Å². The highest BCUT2D eigenvalue weighted by Gasteiger charge is 2.25. The molecule has 0 radical (unpaired) electrons. The van der Waals surface area contributed by atoms with Crippen LogP contribution in [0.3, 0.4) is 0 Å². The van der Waals surface area contributed by atoms with Gasteiger partial charge in [-0.15, -0.1) is 0 Å². The van der Waals surface area contributed by atoms with Crippen LogP contribution in [0.15, 0.2) is 82.6 Å². The van der Waals surface area contributed by atoms with Crippen LogP contribution >= 0.6 is 11.6 Å². The van der Waals surface area contributed by atoms with Gasteiger partial charge in [0.15, 0.2) is 0 Å². The van der Waals surface area contributed by atoms with Crippen LogP contribution in [0.5, 0.6) is 0 Å². The molecule has 2 amide bonds. The summed E-state index contributed by atoms with van der Waals surface area (Å²) < 4.78 is 32.0. The first-order valence-corrected chi connectivity index (χ1v) is 14.9. The fraction of sp³-hybridized carbons (Fsp3) is 0.300. The van der Waals surface area contributed by atoms with Crippen molar-refractivity contribution in [1.82, 2.24) is 10.2 Å². The van der Waals surface area contributed by atoms with E-state index in [4.69, 9.17) is 21.4 Å². The van der Waals surface area contributed by atoms with Gasteiger partial charge in [-0.1, -0.05) is 41.9 Å². The van der Waals surface area contributed by atoms with Crippen LogP contribution in [0.4, 0.5) is 4.79 Å². The molecule has 3 rings (SSSR count). The van der Waals surface area contributed by atoms with E-state index in [2.05, 4.69) is 5.32 Å². The van der Waals surface area contributed by atoms with Gasteiger partial charge in [0.05, 0.1) is 22.4 Å². The molecular formula is C30H33ClN2O8S. The molecule has 224 valence electrons. The molecule has 12 heteroatoms. The van der Waals surface area contributed by atoms with Crippen molar-refractivity contribution in [2.75, 3.05) is 19.6 Å². The molecule has 1 atom stereocenters. The molecule has 0 unspecified atom stereocenters. The SMILES string of the molecule is CC(C)(C)OC(=O)N(CCc1ccc(S(=O)(=O)c2cccc(C(=O)NCC(=O)O)c2)cc1)C[C@@H](O)c1cccc(Cl)c1. The highest BCUT2D eigenvalue weighted by Crippen LogP contribution is 2.24. The van der Waals surface area contributed by atoms with Crippen molar-refractivity contribution >= 4 is 39.4 Å². The lowest BCUT2D eigenvalue weighted by Crippen LogP contribution is -2.40. The number of ether oxygens (including phenoxy) is 1. The number of benzene rings is 3.